The van der Waals surface area contributed by atoms with E-state index in [0.717, 1.165) is 6.26 Å². The second-order valence-electron chi connectivity index (χ2n) is 4.81. The van der Waals surface area contributed by atoms with Crippen molar-refractivity contribution < 1.29 is 27.0 Å². The predicted molar refractivity (Wildman–Crippen MR) is 81.2 cm³/mol. The summed E-state index contributed by atoms with van der Waals surface area (Å²) in [4.78, 5) is 24.8. The average molecular weight is 333 g/mol. The lowest BCUT2D eigenvalue weighted by atomic mass is 9.94. The Morgan fingerprint density at radius 2 is 1.74 bits per heavy atom. The third kappa shape index (κ3) is 2.47. The maximum absolute atomic E-state index is 12.4. The molecular weight excluding hydrogens is 322 g/mol. The van der Waals surface area contributed by atoms with Crippen LogP contribution in [-0.2, 0) is 14.4 Å². The lowest BCUT2D eigenvalue weighted by Crippen LogP contribution is -2.41. The van der Waals surface area contributed by atoms with Crippen LogP contribution in [0.3, 0.4) is 0 Å². The van der Waals surface area contributed by atoms with Gasteiger partial charge in [-0.3, -0.25) is 9.59 Å². The molecule has 1 heterocycles. The highest BCUT2D eigenvalue weighted by Crippen LogP contribution is 2.35. The van der Waals surface area contributed by atoms with E-state index in [-0.39, 0.29) is 16.2 Å². The van der Waals surface area contributed by atoms with Crippen LogP contribution in [0.5, 0.6) is 5.75 Å². The molecule has 1 aliphatic heterocycles. The second-order valence-corrected chi connectivity index (χ2v) is 6.36. The van der Waals surface area contributed by atoms with E-state index < -0.39 is 21.9 Å². The van der Waals surface area contributed by atoms with E-state index in [0.29, 0.717) is 16.5 Å². The van der Waals surface area contributed by atoms with Gasteiger partial charge in [0.2, 0.25) is 0 Å². The topological polar surface area (TPSA) is 90.0 Å². The van der Waals surface area contributed by atoms with Gasteiger partial charge in [-0.25, -0.2) is 0 Å². The van der Waals surface area contributed by atoms with E-state index in [1.54, 1.807) is 12.1 Å². The van der Waals surface area contributed by atoms with Crippen molar-refractivity contribution in [1.82, 2.24) is 5.06 Å². The average Bonchev–Trinajstić information content (AvgIpc) is 2.49. The molecule has 7 nitrogen and oxygen atoms in total. The van der Waals surface area contributed by atoms with Gasteiger partial charge in [0.25, 0.3) is 21.9 Å². The van der Waals surface area contributed by atoms with Crippen LogP contribution in [0.1, 0.15) is 20.7 Å². The lowest BCUT2D eigenvalue weighted by Gasteiger charge is -2.25. The van der Waals surface area contributed by atoms with Crippen molar-refractivity contribution in [3.05, 3.63) is 54.3 Å². The van der Waals surface area contributed by atoms with Crippen molar-refractivity contribution in [3.8, 4) is 5.75 Å². The summed E-state index contributed by atoms with van der Waals surface area (Å²) in [5.74, 6) is -1.28. The maximum atomic E-state index is 12.4. The number of carbonyl (C=O) groups is 2. The molecule has 0 spiro atoms. The molecule has 0 N–H and O–H groups in total. The number of ether oxygens (including phenoxy) is 1. The minimum atomic E-state index is -4.03. The normalized spacial score (nSPS) is 14.2. The highest BCUT2D eigenvalue weighted by Gasteiger charge is 2.36. The summed E-state index contributed by atoms with van der Waals surface area (Å²) in [5.41, 5.74) is 0.297. The zero-order chi connectivity index (χ0) is 16.8. The molecule has 0 unspecified atom stereocenters. The quantitative estimate of drug-likeness (QED) is 0.626. The first kappa shape index (κ1) is 15.2. The van der Waals surface area contributed by atoms with Gasteiger partial charge in [0.15, 0.2) is 0 Å². The van der Waals surface area contributed by atoms with E-state index in [2.05, 4.69) is 10.9 Å². The van der Waals surface area contributed by atoms with Crippen LogP contribution in [0.4, 0.5) is 0 Å². The van der Waals surface area contributed by atoms with Gasteiger partial charge in [-0.1, -0.05) is 18.7 Å². The Labute approximate surface area is 131 Å². The van der Waals surface area contributed by atoms with Crippen LogP contribution in [0.25, 0.3) is 10.8 Å². The van der Waals surface area contributed by atoms with Gasteiger partial charge in [-0.05, 0) is 18.2 Å². The van der Waals surface area contributed by atoms with Crippen LogP contribution in [0.2, 0.25) is 0 Å². The lowest BCUT2D eigenvalue weighted by molar-refractivity contribution is -0.0149. The van der Waals surface area contributed by atoms with Crippen LogP contribution >= 0.6 is 0 Å². The number of amides is 2. The molecule has 1 aliphatic rings. The zero-order valence-corrected chi connectivity index (χ0v) is 12.8. The van der Waals surface area contributed by atoms with Gasteiger partial charge in [0.1, 0.15) is 5.75 Å². The third-order valence-electron chi connectivity index (χ3n) is 3.25. The summed E-state index contributed by atoms with van der Waals surface area (Å²) in [5, 5.41) is 1.18. The van der Waals surface area contributed by atoms with E-state index in [4.69, 9.17) is 4.74 Å². The van der Waals surface area contributed by atoms with Gasteiger partial charge in [-0.15, -0.1) is 9.35 Å². The zero-order valence-electron chi connectivity index (χ0n) is 12.0. The molecule has 8 heteroatoms. The molecule has 0 atom stereocenters. The molecule has 0 saturated carbocycles. The van der Waals surface area contributed by atoms with Crippen LogP contribution in [0.15, 0.2) is 43.2 Å². The summed E-state index contributed by atoms with van der Waals surface area (Å²) in [6, 6.07) is 7.75. The van der Waals surface area contributed by atoms with E-state index >= 15 is 0 Å². The number of nitrogens with zero attached hydrogens (tertiary/aromatic N) is 1. The largest absolute Gasteiger partial charge is 0.465 e. The van der Waals surface area contributed by atoms with Crippen LogP contribution in [0, 0.1) is 0 Å². The maximum Gasteiger partial charge on any atom is 0.286 e. The number of hydrogen-bond acceptors (Lipinski definition) is 6. The first-order chi connectivity index (χ1) is 10.8. The molecule has 118 valence electrons. The minimum absolute atomic E-state index is 0.148. The van der Waals surface area contributed by atoms with Crippen LogP contribution in [-0.4, -0.2) is 31.6 Å². The second kappa shape index (κ2) is 5.18. The number of carbonyl (C=O) groups excluding carboxylic acids is 2. The molecule has 0 saturated heterocycles. The first-order valence-electron chi connectivity index (χ1n) is 6.45. The summed E-state index contributed by atoms with van der Waals surface area (Å²) < 4.78 is 32.4. The van der Waals surface area contributed by atoms with Crippen molar-refractivity contribution in [1.29, 1.82) is 0 Å². The fourth-order valence-corrected chi connectivity index (χ4v) is 2.85. The van der Waals surface area contributed by atoms with Crippen molar-refractivity contribution >= 4 is 32.7 Å². The van der Waals surface area contributed by atoms with Gasteiger partial charge in [-0.2, -0.15) is 8.42 Å². The van der Waals surface area contributed by atoms with E-state index in [1.807, 2.05) is 0 Å². The van der Waals surface area contributed by atoms with Gasteiger partial charge in [0.05, 0.1) is 23.6 Å². The Bertz CT molecular complexity index is 941. The molecule has 2 aromatic carbocycles. The molecule has 0 fully saturated rings. The summed E-state index contributed by atoms with van der Waals surface area (Å²) >= 11 is 0. The van der Waals surface area contributed by atoms with Gasteiger partial charge >= 0.3 is 0 Å². The third-order valence-corrected chi connectivity index (χ3v) is 3.67. The molecule has 3 rings (SSSR count). The van der Waals surface area contributed by atoms with Crippen molar-refractivity contribution in [2.24, 2.45) is 0 Å². The fourth-order valence-electron chi connectivity index (χ4n) is 2.44. The van der Waals surface area contributed by atoms with Crippen molar-refractivity contribution in [2.45, 2.75) is 0 Å². The Kier molecular flexibility index (Phi) is 3.42. The Morgan fingerprint density at radius 3 is 2.35 bits per heavy atom. The molecular formula is C15H11NO6S. The van der Waals surface area contributed by atoms with Gasteiger partial charge in [0, 0.05) is 10.8 Å². The Morgan fingerprint density at radius 1 is 1.09 bits per heavy atom. The number of hydroxylamine groups is 2. The Balaban J connectivity index is 2.26. The van der Waals surface area contributed by atoms with E-state index in [9.17, 15) is 18.0 Å². The SMILES string of the molecule is C=COc1ccc2c3c(cccc13)C(=O)N(OS(C)(=O)=O)C2=O. The minimum Gasteiger partial charge on any atom is -0.465 e. The number of benzene rings is 2. The van der Waals surface area contributed by atoms with E-state index in [1.165, 1.54) is 24.5 Å². The van der Waals surface area contributed by atoms with Crippen molar-refractivity contribution in [2.75, 3.05) is 6.26 Å². The fraction of sp³-hybridized carbons (Fsp3) is 0.0667. The summed E-state index contributed by atoms with van der Waals surface area (Å²) in [7, 11) is -4.03. The van der Waals surface area contributed by atoms with Crippen molar-refractivity contribution in [3.63, 3.8) is 0 Å². The summed E-state index contributed by atoms with van der Waals surface area (Å²) in [6.45, 7) is 3.47. The highest BCUT2D eigenvalue weighted by molar-refractivity contribution is 7.85. The molecule has 0 aromatic heterocycles. The number of rotatable bonds is 4. The monoisotopic (exact) mass is 333 g/mol. The molecule has 0 aliphatic carbocycles. The molecule has 2 amide bonds. The number of hydrogen-bond donors (Lipinski definition) is 0. The molecule has 23 heavy (non-hydrogen) atoms. The summed E-state index contributed by atoms with van der Waals surface area (Å²) in [6.07, 6.45) is 1.99. The molecule has 0 radical (unpaired) electrons. The number of imide groups is 1. The van der Waals surface area contributed by atoms with Gasteiger partial charge < -0.3 is 4.74 Å². The smallest absolute Gasteiger partial charge is 0.286 e. The highest BCUT2D eigenvalue weighted by atomic mass is 32.2. The standard InChI is InChI=1S/C15H11NO6S/c1-3-21-12-8-7-11-13-9(12)5-4-6-10(13)14(17)16(15(11)18)22-23(2,19)20/h3-8H,1H2,2H3. The predicted octanol–water partition coefficient (Wildman–Crippen LogP) is 1.85. The first-order valence-corrected chi connectivity index (χ1v) is 8.27. The van der Waals surface area contributed by atoms with Crippen LogP contribution < -0.4 is 4.74 Å². The molecule has 2 aromatic rings. The molecule has 0 bridgehead atoms. The Hall–Kier alpha value is -2.71.